The van der Waals surface area contributed by atoms with Crippen LogP contribution in [-0.4, -0.2) is 75.5 Å². The van der Waals surface area contributed by atoms with Gasteiger partial charge in [-0.1, -0.05) is 0 Å². The van der Waals surface area contributed by atoms with E-state index in [2.05, 4.69) is 34.2 Å². The van der Waals surface area contributed by atoms with E-state index in [9.17, 15) is 4.79 Å². The highest BCUT2D eigenvalue weighted by molar-refractivity contribution is 5.93. The third-order valence-electron chi connectivity index (χ3n) is 4.64. The van der Waals surface area contributed by atoms with Gasteiger partial charge in [0, 0.05) is 32.2 Å². The van der Waals surface area contributed by atoms with E-state index < -0.39 is 0 Å². The zero-order valence-electron chi connectivity index (χ0n) is 13.6. The minimum absolute atomic E-state index is 0.00610. The largest absolute Gasteiger partial charge is 0.373 e. The predicted octanol–water partition coefficient (Wildman–Crippen LogP) is 0.827. The Morgan fingerprint density at radius 3 is 2.36 bits per heavy atom. The van der Waals surface area contributed by atoms with Crippen LogP contribution in [0.25, 0.3) is 0 Å². The molecule has 0 bridgehead atoms. The number of carbonyl (C=O) groups excluding carboxylic acids is 1. The van der Waals surface area contributed by atoms with Gasteiger partial charge in [0.1, 0.15) is 0 Å². The number of carbonyl (C=O) groups is 1. The zero-order chi connectivity index (χ0) is 15.7. The number of likely N-dealkylation sites (tertiary alicyclic amines) is 1. The second kappa shape index (κ2) is 6.34. The maximum Gasteiger partial charge on any atom is 0.276 e. The Morgan fingerprint density at radius 2 is 1.82 bits per heavy atom. The lowest BCUT2D eigenvalue weighted by Crippen LogP contribution is -2.53. The molecular formula is C15H25N5O2. The molecule has 2 atom stereocenters. The van der Waals surface area contributed by atoms with Crippen LogP contribution in [0.3, 0.4) is 0 Å². The molecule has 2 aliphatic heterocycles. The van der Waals surface area contributed by atoms with Gasteiger partial charge >= 0.3 is 0 Å². The van der Waals surface area contributed by atoms with Crippen molar-refractivity contribution in [3.05, 3.63) is 11.4 Å². The van der Waals surface area contributed by atoms with E-state index in [1.807, 2.05) is 4.90 Å². The summed E-state index contributed by atoms with van der Waals surface area (Å²) in [6, 6.07) is 0.552. The van der Waals surface area contributed by atoms with Crippen molar-refractivity contribution in [1.29, 1.82) is 0 Å². The van der Waals surface area contributed by atoms with Crippen molar-refractivity contribution in [1.82, 2.24) is 25.2 Å². The van der Waals surface area contributed by atoms with Crippen LogP contribution in [0.15, 0.2) is 0 Å². The van der Waals surface area contributed by atoms with Crippen molar-refractivity contribution in [2.75, 3.05) is 26.2 Å². The molecule has 2 fully saturated rings. The topological polar surface area (TPSA) is 74.4 Å². The molecule has 2 saturated heterocycles. The highest BCUT2D eigenvalue weighted by atomic mass is 16.5. The van der Waals surface area contributed by atoms with Gasteiger partial charge in [-0.15, -0.1) is 0 Å². The average molecular weight is 307 g/mol. The number of nitrogens with one attached hydrogen (secondary N) is 1. The Labute approximate surface area is 131 Å². The van der Waals surface area contributed by atoms with Crippen LogP contribution in [-0.2, 0) is 4.74 Å². The van der Waals surface area contributed by atoms with Crippen molar-refractivity contribution < 1.29 is 9.53 Å². The smallest absolute Gasteiger partial charge is 0.276 e. The first kappa shape index (κ1) is 15.4. The molecule has 0 aromatic carbocycles. The number of rotatable bonds is 2. The standard InChI is InChI=1S/C15H25N5O2/c1-10-8-20(9-11(2)22-10)13-4-6-19(7-5-13)15(21)14-12(3)16-18-17-14/h10-11,13H,4-9H2,1-3H3,(H,16,17,18). The molecule has 0 spiro atoms. The van der Waals surface area contributed by atoms with E-state index >= 15 is 0 Å². The number of hydrogen-bond acceptors (Lipinski definition) is 5. The van der Waals surface area contributed by atoms with Crippen molar-refractivity contribution >= 4 is 5.91 Å². The van der Waals surface area contributed by atoms with E-state index in [-0.39, 0.29) is 5.91 Å². The van der Waals surface area contributed by atoms with E-state index in [0.29, 0.717) is 29.6 Å². The number of amides is 1. The van der Waals surface area contributed by atoms with Gasteiger partial charge in [-0.25, -0.2) is 0 Å². The first-order valence-corrected chi connectivity index (χ1v) is 8.10. The summed E-state index contributed by atoms with van der Waals surface area (Å²) < 4.78 is 5.80. The van der Waals surface area contributed by atoms with E-state index in [1.165, 1.54) is 0 Å². The maximum absolute atomic E-state index is 12.4. The number of H-pyrrole nitrogens is 1. The summed E-state index contributed by atoms with van der Waals surface area (Å²) >= 11 is 0. The summed E-state index contributed by atoms with van der Waals surface area (Å²) in [5.74, 6) is -0.00610. The van der Waals surface area contributed by atoms with Gasteiger partial charge in [0.25, 0.3) is 5.91 Å². The second-order valence-electron chi connectivity index (χ2n) is 6.49. The lowest BCUT2D eigenvalue weighted by atomic mass is 10.0. The SMILES string of the molecule is Cc1n[nH]nc1C(=O)N1CCC(N2CC(C)OC(C)C2)CC1. The number of hydrogen-bond donors (Lipinski definition) is 1. The third kappa shape index (κ3) is 3.15. The number of ether oxygens (including phenoxy) is 1. The third-order valence-corrected chi connectivity index (χ3v) is 4.64. The maximum atomic E-state index is 12.4. The summed E-state index contributed by atoms with van der Waals surface area (Å²) in [4.78, 5) is 16.9. The summed E-state index contributed by atoms with van der Waals surface area (Å²) in [6.45, 7) is 9.63. The van der Waals surface area contributed by atoms with Crippen molar-refractivity contribution in [3.63, 3.8) is 0 Å². The number of nitrogens with zero attached hydrogens (tertiary/aromatic N) is 4. The number of morpholine rings is 1. The van der Waals surface area contributed by atoms with Crippen LogP contribution < -0.4 is 0 Å². The molecule has 7 nitrogen and oxygen atoms in total. The lowest BCUT2D eigenvalue weighted by molar-refractivity contribution is -0.0856. The Hall–Kier alpha value is -1.47. The molecule has 0 radical (unpaired) electrons. The van der Waals surface area contributed by atoms with Crippen LogP contribution in [0.5, 0.6) is 0 Å². The molecule has 7 heteroatoms. The fourth-order valence-corrected chi connectivity index (χ4v) is 3.59. The molecule has 2 aliphatic rings. The molecule has 22 heavy (non-hydrogen) atoms. The molecule has 122 valence electrons. The fourth-order valence-electron chi connectivity index (χ4n) is 3.59. The summed E-state index contributed by atoms with van der Waals surface area (Å²) in [7, 11) is 0. The van der Waals surface area contributed by atoms with Gasteiger partial charge in [0.05, 0.1) is 17.9 Å². The number of aryl methyl sites for hydroxylation is 1. The van der Waals surface area contributed by atoms with Gasteiger partial charge in [-0.2, -0.15) is 15.4 Å². The van der Waals surface area contributed by atoms with Crippen LogP contribution in [0.1, 0.15) is 42.9 Å². The minimum atomic E-state index is -0.00610. The molecule has 2 unspecified atom stereocenters. The van der Waals surface area contributed by atoms with E-state index in [1.54, 1.807) is 6.92 Å². The highest BCUT2D eigenvalue weighted by Gasteiger charge is 2.32. The molecule has 3 heterocycles. The summed E-state index contributed by atoms with van der Waals surface area (Å²) in [5, 5.41) is 10.4. The normalized spacial score (nSPS) is 28.0. The lowest BCUT2D eigenvalue weighted by Gasteiger charge is -2.43. The first-order valence-electron chi connectivity index (χ1n) is 8.10. The monoisotopic (exact) mass is 307 g/mol. The van der Waals surface area contributed by atoms with Crippen molar-refractivity contribution in [3.8, 4) is 0 Å². The number of aromatic nitrogens is 3. The molecular weight excluding hydrogens is 282 g/mol. The summed E-state index contributed by atoms with van der Waals surface area (Å²) in [6.07, 6.45) is 2.62. The van der Waals surface area contributed by atoms with Gasteiger partial charge in [0.15, 0.2) is 5.69 Å². The average Bonchev–Trinajstić information content (AvgIpc) is 2.92. The Morgan fingerprint density at radius 1 is 1.18 bits per heavy atom. The highest BCUT2D eigenvalue weighted by Crippen LogP contribution is 2.22. The van der Waals surface area contributed by atoms with Gasteiger partial charge < -0.3 is 9.64 Å². The van der Waals surface area contributed by atoms with Gasteiger partial charge in [-0.05, 0) is 33.6 Å². The molecule has 1 aromatic rings. The quantitative estimate of drug-likeness (QED) is 0.876. The van der Waals surface area contributed by atoms with Crippen molar-refractivity contribution in [2.45, 2.75) is 51.9 Å². The van der Waals surface area contributed by atoms with Gasteiger partial charge in [0.2, 0.25) is 0 Å². The zero-order valence-corrected chi connectivity index (χ0v) is 13.6. The number of piperidine rings is 1. The second-order valence-corrected chi connectivity index (χ2v) is 6.49. The predicted molar refractivity (Wildman–Crippen MR) is 81.6 cm³/mol. The van der Waals surface area contributed by atoms with E-state index in [0.717, 1.165) is 39.0 Å². The van der Waals surface area contributed by atoms with E-state index in [4.69, 9.17) is 4.74 Å². The molecule has 1 aromatic heterocycles. The fraction of sp³-hybridized carbons (Fsp3) is 0.800. The van der Waals surface area contributed by atoms with Crippen LogP contribution in [0.2, 0.25) is 0 Å². The van der Waals surface area contributed by atoms with Crippen LogP contribution in [0, 0.1) is 6.92 Å². The molecule has 1 amide bonds. The number of aromatic amines is 1. The molecule has 0 aliphatic carbocycles. The summed E-state index contributed by atoms with van der Waals surface area (Å²) in [5.41, 5.74) is 1.12. The van der Waals surface area contributed by atoms with Gasteiger partial charge in [-0.3, -0.25) is 9.69 Å². The molecule has 1 N–H and O–H groups in total. The van der Waals surface area contributed by atoms with Crippen molar-refractivity contribution in [2.24, 2.45) is 0 Å². The molecule has 3 rings (SSSR count). The molecule has 0 saturated carbocycles. The first-order chi connectivity index (χ1) is 10.5. The Bertz CT molecular complexity index is 514. The minimum Gasteiger partial charge on any atom is -0.373 e. The van der Waals surface area contributed by atoms with Crippen LogP contribution >= 0.6 is 0 Å². The Kier molecular flexibility index (Phi) is 4.44. The Balaban J connectivity index is 1.56. The van der Waals surface area contributed by atoms with Crippen LogP contribution in [0.4, 0.5) is 0 Å².